The van der Waals surface area contributed by atoms with Crippen molar-refractivity contribution in [2.24, 2.45) is 0 Å². The predicted molar refractivity (Wildman–Crippen MR) is 340 cm³/mol. The Hall–Kier alpha value is -2.46. The van der Waals surface area contributed by atoms with Crippen molar-refractivity contribution in [1.82, 2.24) is 0 Å². The molecule has 0 aliphatic rings. The zero-order valence-corrected chi connectivity index (χ0v) is 55.8. The molecular formula is C66H124O17P2. The number of aliphatic hydroxyl groups excluding tert-OH is 1. The van der Waals surface area contributed by atoms with E-state index in [0.717, 1.165) is 116 Å². The van der Waals surface area contributed by atoms with E-state index in [-0.39, 0.29) is 25.7 Å². The van der Waals surface area contributed by atoms with Gasteiger partial charge in [0.15, 0.2) is 12.2 Å². The summed E-state index contributed by atoms with van der Waals surface area (Å²) in [7, 11) is -9.89. The van der Waals surface area contributed by atoms with Crippen molar-refractivity contribution in [3.63, 3.8) is 0 Å². The number of esters is 4. The first-order valence-corrected chi connectivity index (χ1v) is 37.1. The van der Waals surface area contributed by atoms with Gasteiger partial charge in [-0.25, -0.2) is 9.13 Å². The normalized spacial score (nSPS) is 14.3. The summed E-state index contributed by atoms with van der Waals surface area (Å²) in [5, 5.41) is 10.5. The molecule has 500 valence electrons. The predicted octanol–water partition coefficient (Wildman–Crippen LogP) is 18.3. The van der Waals surface area contributed by atoms with Crippen LogP contribution in [0.25, 0.3) is 0 Å². The van der Waals surface area contributed by atoms with Gasteiger partial charge < -0.3 is 33.8 Å². The van der Waals surface area contributed by atoms with Gasteiger partial charge in [-0.05, 0) is 51.4 Å². The molecule has 0 radical (unpaired) electrons. The molecule has 0 aromatic rings. The molecule has 0 aromatic heterocycles. The molecule has 0 heterocycles. The summed E-state index contributed by atoms with van der Waals surface area (Å²) in [5.74, 6) is -2.16. The van der Waals surface area contributed by atoms with Crippen LogP contribution in [0, 0.1) is 0 Å². The van der Waals surface area contributed by atoms with Crippen LogP contribution in [0.2, 0.25) is 0 Å². The van der Waals surface area contributed by atoms with E-state index in [1.807, 2.05) is 0 Å². The number of unbranched alkanes of at least 4 members (excludes halogenated alkanes) is 36. The molecule has 0 saturated carbocycles. The Morgan fingerprint density at radius 3 is 0.859 bits per heavy atom. The molecule has 0 fully saturated rings. The van der Waals surface area contributed by atoms with Crippen molar-refractivity contribution in [3.8, 4) is 0 Å². The molecule has 0 aliphatic carbocycles. The van der Waals surface area contributed by atoms with Gasteiger partial charge in [0.1, 0.15) is 19.3 Å². The smallest absolute Gasteiger partial charge is 0.462 e. The summed E-state index contributed by atoms with van der Waals surface area (Å²) < 4.78 is 67.9. The number of allylic oxidation sites excluding steroid dienone is 4. The standard InChI is InChI=1S/C66H124O17P2/c1-5-9-13-17-21-25-27-29-31-33-35-37-41-45-49-53-66(71)83-62(57-77-64(69)51-47-43-40-36-34-32-30-28-26-22-18-14-10-6-2)59-81-85(74,75)79-55-60(67)54-78-84(72,73)80-58-61(82-65(70)52-48-44-39-24-20-16-12-8-4)56-76-63(68)50-46-42-38-23-19-15-11-7-3/h25,27,29,31,60-62,67H,5-24,26,28,30,32-59H2,1-4H3,(H,72,73)(H,74,75)/b27-25-,31-29-/t60-,61+,62+/m0/s1. The Bertz CT molecular complexity index is 1730. The molecule has 0 spiro atoms. The molecule has 0 amide bonds. The van der Waals surface area contributed by atoms with Crippen LogP contribution in [0.15, 0.2) is 24.3 Å². The highest BCUT2D eigenvalue weighted by atomic mass is 31.2. The Balaban J connectivity index is 5.24. The molecule has 2 unspecified atom stereocenters. The van der Waals surface area contributed by atoms with Crippen molar-refractivity contribution in [3.05, 3.63) is 24.3 Å². The van der Waals surface area contributed by atoms with Crippen LogP contribution in [0.3, 0.4) is 0 Å². The van der Waals surface area contributed by atoms with Crippen molar-refractivity contribution in [1.29, 1.82) is 0 Å². The van der Waals surface area contributed by atoms with Crippen LogP contribution in [-0.4, -0.2) is 96.7 Å². The second kappa shape index (κ2) is 60.5. The fourth-order valence-electron chi connectivity index (χ4n) is 9.45. The minimum atomic E-state index is -4.95. The van der Waals surface area contributed by atoms with E-state index in [4.69, 9.17) is 37.0 Å². The molecule has 85 heavy (non-hydrogen) atoms. The van der Waals surface area contributed by atoms with Crippen molar-refractivity contribution in [2.75, 3.05) is 39.6 Å². The highest BCUT2D eigenvalue weighted by Gasteiger charge is 2.30. The Morgan fingerprint density at radius 2 is 0.565 bits per heavy atom. The summed E-state index contributed by atoms with van der Waals surface area (Å²) in [6.45, 7) is 4.79. The first-order valence-electron chi connectivity index (χ1n) is 34.1. The first kappa shape index (κ1) is 82.5. The number of phosphoric acid groups is 2. The second-order valence-electron chi connectivity index (χ2n) is 23.2. The maximum absolute atomic E-state index is 13.0. The lowest BCUT2D eigenvalue weighted by atomic mass is 10.0. The van der Waals surface area contributed by atoms with Gasteiger partial charge in [0.05, 0.1) is 26.4 Å². The van der Waals surface area contributed by atoms with Gasteiger partial charge in [-0.15, -0.1) is 0 Å². The van der Waals surface area contributed by atoms with E-state index < -0.39 is 97.5 Å². The third-order valence-corrected chi connectivity index (χ3v) is 16.6. The number of ether oxygens (including phenoxy) is 4. The third kappa shape index (κ3) is 60.2. The van der Waals surface area contributed by atoms with Crippen LogP contribution in [-0.2, 0) is 65.4 Å². The molecule has 0 rings (SSSR count). The molecule has 0 aliphatic heterocycles. The van der Waals surface area contributed by atoms with Gasteiger partial charge in [-0.3, -0.25) is 37.3 Å². The largest absolute Gasteiger partial charge is 0.472 e. The topological polar surface area (TPSA) is 237 Å². The van der Waals surface area contributed by atoms with E-state index in [1.54, 1.807) is 0 Å². The minimum Gasteiger partial charge on any atom is -0.462 e. The van der Waals surface area contributed by atoms with Gasteiger partial charge in [-0.1, -0.05) is 264 Å². The van der Waals surface area contributed by atoms with E-state index in [9.17, 15) is 43.2 Å². The number of rotatable bonds is 65. The number of hydrogen-bond donors (Lipinski definition) is 3. The SMILES string of the molecule is CCCCCC/C=C\C=C/CCCCCCCC(=O)O[C@H](COC(=O)CCCCCCCCCCCCCCCC)COP(=O)(O)OC[C@@H](O)COP(=O)(O)OC[C@@H](COC(=O)CCCCCCCCCC)OC(=O)CCCCCCCCCC. The summed E-state index contributed by atoms with van der Waals surface area (Å²) in [6, 6.07) is 0. The highest BCUT2D eigenvalue weighted by molar-refractivity contribution is 7.47. The Labute approximate surface area is 516 Å². The monoisotopic (exact) mass is 1250 g/mol. The molecule has 19 heteroatoms. The van der Waals surface area contributed by atoms with Crippen LogP contribution in [0.1, 0.15) is 317 Å². The maximum Gasteiger partial charge on any atom is 0.472 e. The van der Waals surface area contributed by atoms with E-state index in [0.29, 0.717) is 25.7 Å². The van der Waals surface area contributed by atoms with E-state index in [2.05, 4.69) is 52.0 Å². The molecule has 0 bridgehead atoms. The van der Waals surface area contributed by atoms with E-state index >= 15 is 0 Å². The van der Waals surface area contributed by atoms with Gasteiger partial charge in [0.2, 0.25) is 0 Å². The fraction of sp³-hybridized carbons (Fsp3) is 0.879. The van der Waals surface area contributed by atoms with Crippen LogP contribution >= 0.6 is 15.6 Å². The van der Waals surface area contributed by atoms with Gasteiger partial charge >= 0.3 is 39.5 Å². The maximum atomic E-state index is 13.0. The highest BCUT2D eigenvalue weighted by Crippen LogP contribution is 2.45. The summed E-state index contributed by atoms with van der Waals surface area (Å²) in [4.78, 5) is 72.1. The van der Waals surface area contributed by atoms with Gasteiger partial charge in [0, 0.05) is 25.7 Å². The molecule has 0 saturated heterocycles. The first-order chi connectivity index (χ1) is 41.2. The van der Waals surface area contributed by atoms with Crippen LogP contribution in [0.4, 0.5) is 0 Å². The molecule has 3 N–H and O–H groups in total. The summed E-state index contributed by atoms with van der Waals surface area (Å²) >= 11 is 0. The fourth-order valence-corrected chi connectivity index (χ4v) is 11.0. The number of hydrogen-bond acceptors (Lipinski definition) is 15. The summed E-state index contributed by atoms with van der Waals surface area (Å²) in [5.41, 5.74) is 0. The lowest BCUT2D eigenvalue weighted by Gasteiger charge is -2.21. The van der Waals surface area contributed by atoms with E-state index in [1.165, 1.54) is 122 Å². The lowest BCUT2D eigenvalue weighted by Crippen LogP contribution is -2.30. The Kier molecular flexibility index (Phi) is 58.7. The lowest BCUT2D eigenvalue weighted by molar-refractivity contribution is -0.161. The van der Waals surface area contributed by atoms with Crippen molar-refractivity contribution in [2.45, 2.75) is 335 Å². The Morgan fingerprint density at radius 1 is 0.329 bits per heavy atom. The zero-order chi connectivity index (χ0) is 62.6. The molecule has 5 atom stereocenters. The molecular weight excluding hydrogens is 1130 g/mol. The molecule has 17 nitrogen and oxygen atoms in total. The number of carbonyl (C=O) groups excluding carboxylic acids is 4. The van der Waals surface area contributed by atoms with Gasteiger partial charge in [0.25, 0.3) is 0 Å². The number of carbonyl (C=O) groups is 4. The quantitative estimate of drug-likeness (QED) is 0.0169. The zero-order valence-electron chi connectivity index (χ0n) is 54.1. The second-order valence-corrected chi connectivity index (χ2v) is 26.1. The average molecular weight is 1250 g/mol. The van der Waals surface area contributed by atoms with Crippen molar-refractivity contribution < 1.29 is 80.2 Å². The van der Waals surface area contributed by atoms with Crippen LogP contribution in [0.5, 0.6) is 0 Å². The summed E-state index contributed by atoms with van der Waals surface area (Å²) in [6.07, 6.45) is 49.5. The van der Waals surface area contributed by atoms with Crippen LogP contribution < -0.4 is 0 Å². The molecule has 0 aromatic carbocycles. The number of aliphatic hydroxyl groups is 1. The number of phosphoric ester groups is 2. The average Bonchev–Trinajstić information content (AvgIpc) is 3.61. The van der Waals surface area contributed by atoms with Gasteiger partial charge in [-0.2, -0.15) is 0 Å². The van der Waals surface area contributed by atoms with Crippen molar-refractivity contribution >= 4 is 39.5 Å². The third-order valence-electron chi connectivity index (χ3n) is 14.7. The minimum absolute atomic E-state index is 0.0857.